The molecular weight excluding hydrogens is 869 g/mol. The van der Waals surface area contributed by atoms with Crippen molar-refractivity contribution >= 4 is 71.2 Å². The third kappa shape index (κ3) is 7.43. The zero-order chi connectivity index (χ0) is 48.3. The number of benzene rings is 12. The van der Waals surface area contributed by atoms with E-state index in [2.05, 4.69) is 291 Å². The number of anilines is 3. The number of hydrogen-bond donors (Lipinski definition) is 0. The van der Waals surface area contributed by atoms with Gasteiger partial charge < -0.3 is 9.47 Å². The molecule has 13 aromatic rings. The summed E-state index contributed by atoms with van der Waals surface area (Å²) in [6, 6.07) is 96.1. The average molecular weight is 921 g/mol. The van der Waals surface area contributed by atoms with Crippen LogP contribution in [0.15, 0.2) is 261 Å². The Balaban J connectivity index is 0.993. The van der Waals surface area contributed by atoms with E-state index in [-0.39, 0.29) is 5.41 Å². The molecular formula is C70H52N2. The van der Waals surface area contributed by atoms with E-state index in [1.54, 1.807) is 0 Å². The standard InChI is InChI=1S/C70H52N2/c1-70(2,3)53-36-29-47(30-37-53)52-35-43-66-64(45-52)65-46-57(42-44-67(65)72(66)54-21-8-5-9-22-54)71(55-38-31-49(32-39-55)59-28-16-20-48-17-10-11-23-58(48)59)56-40-33-51(34-41-56)69-62-26-14-12-24-60(62)68(50-18-6-4-7-19-50)61-25-13-15-27-63(61)69/h4-46H,1-3H3. The molecule has 2 heteroatoms. The summed E-state index contributed by atoms with van der Waals surface area (Å²) in [6.45, 7) is 6.82. The van der Waals surface area contributed by atoms with Crippen LogP contribution in [0.25, 0.3) is 104 Å². The fourth-order valence-electron chi connectivity index (χ4n) is 11.2. The van der Waals surface area contributed by atoms with Gasteiger partial charge in [0.1, 0.15) is 0 Å². The lowest BCUT2D eigenvalue weighted by molar-refractivity contribution is 0.590. The number of nitrogens with zero attached hydrogens (tertiary/aromatic N) is 2. The van der Waals surface area contributed by atoms with Gasteiger partial charge in [-0.1, -0.05) is 215 Å². The summed E-state index contributed by atoms with van der Waals surface area (Å²) >= 11 is 0. The molecule has 0 saturated carbocycles. The summed E-state index contributed by atoms with van der Waals surface area (Å²) in [4.78, 5) is 2.42. The summed E-state index contributed by atoms with van der Waals surface area (Å²) in [6.07, 6.45) is 0. The highest BCUT2D eigenvalue weighted by Crippen LogP contribution is 2.46. The van der Waals surface area contributed by atoms with Gasteiger partial charge >= 0.3 is 0 Å². The predicted molar refractivity (Wildman–Crippen MR) is 308 cm³/mol. The average Bonchev–Trinajstić information content (AvgIpc) is 3.76. The van der Waals surface area contributed by atoms with E-state index in [0.29, 0.717) is 0 Å². The van der Waals surface area contributed by atoms with Crippen molar-refractivity contribution in [1.82, 2.24) is 4.57 Å². The zero-order valence-corrected chi connectivity index (χ0v) is 40.7. The second kappa shape index (κ2) is 17.5. The second-order valence-electron chi connectivity index (χ2n) is 20.1. The summed E-state index contributed by atoms with van der Waals surface area (Å²) in [5.41, 5.74) is 17.9. The minimum absolute atomic E-state index is 0.0847. The van der Waals surface area contributed by atoms with Crippen LogP contribution < -0.4 is 4.90 Å². The van der Waals surface area contributed by atoms with E-state index < -0.39 is 0 Å². The quantitative estimate of drug-likeness (QED) is 0.138. The highest BCUT2D eigenvalue weighted by atomic mass is 15.1. The Morgan fingerprint density at radius 2 is 0.750 bits per heavy atom. The first-order valence-electron chi connectivity index (χ1n) is 25.1. The minimum atomic E-state index is 0.0847. The Morgan fingerprint density at radius 1 is 0.306 bits per heavy atom. The smallest absolute Gasteiger partial charge is 0.0542 e. The molecule has 0 aliphatic heterocycles. The first-order chi connectivity index (χ1) is 35.4. The second-order valence-corrected chi connectivity index (χ2v) is 20.1. The molecule has 0 radical (unpaired) electrons. The number of para-hydroxylation sites is 1. The lowest BCUT2D eigenvalue weighted by Gasteiger charge is -2.26. The van der Waals surface area contributed by atoms with E-state index in [0.717, 1.165) is 22.7 Å². The molecule has 13 rings (SSSR count). The molecule has 72 heavy (non-hydrogen) atoms. The van der Waals surface area contributed by atoms with Crippen LogP contribution in [-0.4, -0.2) is 4.57 Å². The molecule has 2 nitrogen and oxygen atoms in total. The van der Waals surface area contributed by atoms with Crippen LogP contribution in [0.4, 0.5) is 17.1 Å². The van der Waals surface area contributed by atoms with Crippen LogP contribution in [0.2, 0.25) is 0 Å². The molecule has 0 saturated heterocycles. The van der Waals surface area contributed by atoms with E-state index in [4.69, 9.17) is 0 Å². The van der Waals surface area contributed by atoms with E-state index in [1.165, 1.54) is 104 Å². The minimum Gasteiger partial charge on any atom is -0.310 e. The first-order valence-corrected chi connectivity index (χ1v) is 25.1. The lowest BCUT2D eigenvalue weighted by Crippen LogP contribution is -2.10. The molecule has 0 N–H and O–H groups in total. The Kier molecular flexibility index (Phi) is 10.4. The molecule has 342 valence electrons. The Hall–Kier alpha value is -8.98. The molecule has 1 aromatic heterocycles. The Bertz CT molecular complexity index is 4080. The van der Waals surface area contributed by atoms with E-state index in [9.17, 15) is 0 Å². The Labute approximate surface area is 421 Å². The van der Waals surface area contributed by atoms with Crippen molar-refractivity contribution in [2.75, 3.05) is 4.90 Å². The third-order valence-corrected chi connectivity index (χ3v) is 14.7. The van der Waals surface area contributed by atoms with Crippen molar-refractivity contribution in [3.05, 3.63) is 266 Å². The van der Waals surface area contributed by atoms with Gasteiger partial charge in [0.15, 0.2) is 0 Å². The molecule has 0 atom stereocenters. The van der Waals surface area contributed by atoms with Gasteiger partial charge in [-0.25, -0.2) is 0 Å². The van der Waals surface area contributed by atoms with Crippen molar-refractivity contribution in [2.45, 2.75) is 26.2 Å². The molecule has 0 spiro atoms. The molecule has 1 heterocycles. The zero-order valence-electron chi connectivity index (χ0n) is 40.7. The molecule has 0 fully saturated rings. The molecule has 0 aliphatic rings. The van der Waals surface area contributed by atoms with Crippen LogP contribution in [0.5, 0.6) is 0 Å². The van der Waals surface area contributed by atoms with Gasteiger partial charge in [-0.2, -0.15) is 0 Å². The maximum atomic E-state index is 2.42. The SMILES string of the molecule is CC(C)(C)c1ccc(-c2ccc3c(c2)c2cc(N(c4ccc(-c5cccc6ccccc56)cc4)c4ccc(-c5c6ccccc6c(-c6ccccc6)c6ccccc56)cc4)ccc2n3-c2ccccc2)cc1. The number of fused-ring (bicyclic) bond motifs is 6. The summed E-state index contributed by atoms with van der Waals surface area (Å²) in [7, 11) is 0. The molecule has 0 amide bonds. The van der Waals surface area contributed by atoms with Crippen molar-refractivity contribution in [2.24, 2.45) is 0 Å². The predicted octanol–water partition coefficient (Wildman–Crippen LogP) is 19.7. The number of hydrogen-bond acceptors (Lipinski definition) is 1. The Morgan fingerprint density at radius 3 is 1.35 bits per heavy atom. The summed E-state index contributed by atoms with van der Waals surface area (Å²) in [5.74, 6) is 0. The fourth-order valence-corrected chi connectivity index (χ4v) is 11.2. The van der Waals surface area contributed by atoms with Crippen LogP contribution in [0.1, 0.15) is 26.3 Å². The monoisotopic (exact) mass is 920 g/mol. The van der Waals surface area contributed by atoms with Crippen LogP contribution in [0.3, 0.4) is 0 Å². The van der Waals surface area contributed by atoms with E-state index in [1.807, 2.05) is 0 Å². The maximum absolute atomic E-state index is 2.42. The third-order valence-electron chi connectivity index (χ3n) is 14.7. The number of aromatic nitrogens is 1. The van der Waals surface area contributed by atoms with Crippen LogP contribution in [-0.2, 0) is 5.41 Å². The molecule has 0 aliphatic carbocycles. The molecule has 0 bridgehead atoms. The van der Waals surface area contributed by atoms with Gasteiger partial charge in [-0.15, -0.1) is 0 Å². The lowest BCUT2D eigenvalue weighted by atomic mass is 9.86. The number of rotatable bonds is 8. The molecule has 0 unspecified atom stereocenters. The van der Waals surface area contributed by atoms with E-state index >= 15 is 0 Å². The van der Waals surface area contributed by atoms with Crippen molar-refractivity contribution in [3.63, 3.8) is 0 Å². The van der Waals surface area contributed by atoms with Crippen molar-refractivity contribution in [1.29, 1.82) is 0 Å². The van der Waals surface area contributed by atoms with Gasteiger partial charge in [0.2, 0.25) is 0 Å². The van der Waals surface area contributed by atoms with Crippen molar-refractivity contribution < 1.29 is 0 Å². The fraction of sp³-hybridized carbons (Fsp3) is 0.0571. The topological polar surface area (TPSA) is 8.17 Å². The van der Waals surface area contributed by atoms with Crippen molar-refractivity contribution in [3.8, 4) is 50.2 Å². The normalized spacial score (nSPS) is 11.8. The van der Waals surface area contributed by atoms with Crippen LogP contribution >= 0.6 is 0 Å². The van der Waals surface area contributed by atoms with Gasteiger partial charge in [0.25, 0.3) is 0 Å². The summed E-state index contributed by atoms with van der Waals surface area (Å²) in [5, 5.41) is 9.90. The van der Waals surface area contributed by atoms with Gasteiger partial charge in [-0.05, 0) is 155 Å². The van der Waals surface area contributed by atoms with Gasteiger partial charge in [-0.3, -0.25) is 0 Å². The highest BCUT2D eigenvalue weighted by molar-refractivity contribution is 6.21. The molecule has 12 aromatic carbocycles. The highest BCUT2D eigenvalue weighted by Gasteiger charge is 2.21. The van der Waals surface area contributed by atoms with Gasteiger partial charge in [0.05, 0.1) is 11.0 Å². The largest absolute Gasteiger partial charge is 0.310 e. The maximum Gasteiger partial charge on any atom is 0.0542 e. The van der Waals surface area contributed by atoms with Gasteiger partial charge in [0, 0.05) is 33.5 Å². The van der Waals surface area contributed by atoms with Crippen LogP contribution in [0, 0.1) is 0 Å². The first kappa shape index (κ1) is 43.1. The summed E-state index contributed by atoms with van der Waals surface area (Å²) < 4.78 is 2.41.